The van der Waals surface area contributed by atoms with Crippen LogP contribution in [0.25, 0.3) is 0 Å². The molecule has 0 N–H and O–H groups in total. The van der Waals surface area contributed by atoms with Gasteiger partial charge < -0.3 is 0 Å². The summed E-state index contributed by atoms with van der Waals surface area (Å²) in [6, 6.07) is 18.4. The molecule has 1 atom stereocenters. The largest absolute Gasteiger partial charge is 0.297 e. The topological polar surface area (TPSA) is 64.4 Å². The normalized spacial score (nSPS) is 18.1. The first-order valence-corrected chi connectivity index (χ1v) is 10.3. The smallest absolute Gasteiger partial charge is 0.243 e. The fourth-order valence-electron chi connectivity index (χ4n) is 3.52. The summed E-state index contributed by atoms with van der Waals surface area (Å²) in [7, 11) is -3.61. The molecule has 0 saturated carbocycles. The van der Waals surface area contributed by atoms with Crippen molar-refractivity contribution in [1.29, 1.82) is 5.26 Å². The Labute approximate surface area is 155 Å². The second-order valence-corrected chi connectivity index (χ2v) is 8.40. The highest BCUT2D eigenvalue weighted by atomic mass is 32.2. The maximum absolute atomic E-state index is 13.1. The van der Waals surface area contributed by atoms with Crippen LogP contribution < -0.4 is 0 Å². The van der Waals surface area contributed by atoms with Gasteiger partial charge in [0.15, 0.2) is 0 Å². The van der Waals surface area contributed by atoms with Crippen molar-refractivity contribution < 1.29 is 8.42 Å². The van der Waals surface area contributed by atoms with E-state index in [2.05, 4.69) is 17.0 Å². The van der Waals surface area contributed by atoms with Gasteiger partial charge in [0.1, 0.15) is 0 Å². The van der Waals surface area contributed by atoms with Gasteiger partial charge in [-0.1, -0.05) is 43.3 Å². The SMILES string of the molecule is CCN(C1CCN(Cc2ccccc2)C1)S(=O)(=O)c1cccc(C#N)c1. The number of hydrogen-bond donors (Lipinski definition) is 0. The molecular weight excluding hydrogens is 346 g/mol. The van der Waals surface area contributed by atoms with Crippen LogP contribution in [-0.4, -0.2) is 43.3 Å². The first kappa shape index (κ1) is 18.6. The maximum atomic E-state index is 13.1. The Balaban J connectivity index is 1.75. The van der Waals surface area contributed by atoms with Gasteiger partial charge in [0, 0.05) is 32.2 Å². The monoisotopic (exact) mass is 369 g/mol. The van der Waals surface area contributed by atoms with E-state index >= 15 is 0 Å². The van der Waals surface area contributed by atoms with Crippen LogP contribution in [-0.2, 0) is 16.6 Å². The zero-order valence-corrected chi connectivity index (χ0v) is 15.7. The number of likely N-dealkylation sites (tertiary alicyclic amines) is 1. The summed E-state index contributed by atoms with van der Waals surface area (Å²) in [5.74, 6) is 0. The summed E-state index contributed by atoms with van der Waals surface area (Å²) in [6.07, 6.45) is 0.817. The van der Waals surface area contributed by atoms with Crippen molar-refractivity contribution in [2.45, 2.75) is 30.8 Å². The fourth-order valence-corrected chi connectivity index (χ4v) is 5.22. The van der Waals surface area contributed by atoms with E-state index in [1.807, 2.05) is 31.2 Å². The molecule has 2 aromatic carbocycles. The van der Waals surface area contributed by atoms with Crippen LogP contribution in [0.15, 0.2) is 59.5 Å². The predicted octanol–water partition coefficient (Wildman–Crippen LogP) is 2.84. The molecule has 136 valence electrons. The number of rotatable bonds is 6. The molecule has 1 heterocycles. The Morgan fingerprint density at radius 2 is 1.96 bits per heavy atom. The lowest BCUT2D eigenvalue weighted by molar-refractivity contribution is 0.285. The number of hydrogen-bond acceptors (Lipinski definition) is 4. The molecule has 0 bridgehead atoms. The van der Waals surface area contributed by atoms with Crippen molar-refractivity contribution >= 4 is 10.0 Å². The van der Waals surface area contributed by atoms with Gasteiger partial charge in [0.2, 0.25) is 10.0 Å². The summed E-state index contributed by atoms with van der Waals surface area (Å²) in [4.78, 5) is 2.49. The maximum Gasteiger partial charge on any atom is 0.243 e. The Hall–Kier alpha value is -2.20. The van der Waals surface area contributed by atoms with E-state index in [-0.39, 0.29) is 10.9 Å². The molecule has 0 aromatic heterocycles. The van der Waals surface area contributed by atoms with Gasteiger partial charge in [-0.2, -0.15) is 9.57 Å². The fraction of sp³-hybridized carbons (Fsp3) is 0.350. The van der Waals surface area contributed by atoms with Crippen LogP contribution in [0.3, 0.4) is 0 Å². The first-order chi connectivity index (χ1) is 12.5. The Kier molecular flexibility index (Phi) is 5.72. The number of sulfonamides is 1. The van der Waals surface area contributed by atoms with Crippen LogP contribution in [0.4, 0.5) is 0 Å². The molecule has 6 heteroatoms. The van der Waals surface area contributed by atoms with Crippen LogP contribution in [0.5, 0.6) is 0 Å². The van der Waals surface area contributed by atoms with Crippen LogP contribution in [0.1, 0.15) is 24.5 Å². The van der Waals surface area contributed by atoms with E-state index in [1.165, 1.54) is 11.6 Å². The quantitative estimate of drug-likeness (QED) is 0.785. The third-order valence-corrected chi connectivity index (χ3v) is 6.81. The molecule has 26 heavy (non-hydrogen) atoms. The van der Waals surface area contributed by atoms with Crippen LogP contribution >= 0.6 is 0 Å². The van der Waals surface area contributed by atoms with Crippen molar-refractivity contribution in [2.75, 3.05) is 19.6 Å². The number of nitrogens with zero attached hydrogens (tertiary/aromatic N) is 3. The minimum absolute atomic E-state index is 0.0422. The highest BCUT2D eigenvalue weighted by molar-refractivity contribution is 7.89. The summed E-state index contributed by atoms with van der Waals surface area (Å²) in [6.45, 7) is 4.72. The van der Waals surface area contributed by atoms with Crippen molar-refractivity contribution in [3.8, 4) is 6.07 Å². The van der Waals surface area contributed by atoms with Gasteiger partial charge in [-0.3, -0.25) is 4.90 Å². The van der Waals surface area contributed by atoms with Gasteiger partial charge in [0.25, 0.3) is 0 Å². The summed E-state index contributed by atoms with van der Waals surface area (Å²) < 4.78 is 27.7. The van der Waals surface area contributed by atoms with E-state index in [4.69, 9.17) is 5.26 Å². The summed E-state index contributed by atoms with van der Waals surface area (Å²) in [5.41, 5.74) is 1.60. The molecular formula is C20H23N3O2S. The van der Waals surface area contributed by atoms with Crippen LogP contribution in [0, 0.1) is 11.3 Å². The van der Waals surface area contributed by atoms with Gasteiger partial charge in [-0.15, -0.1) is 0 Å². The Bertz CT molecular complexity index is 891. The molecule has 0 aliphatic carbocycles. The average Bonchev–Trinajstić information content (AvgIpc) is 3.11. The van der Waals surface area contributed by atoms with E-state index in [9.17, 15) is 8.42 Å². The molecule has 1 fully saturated rings. The third-order valence-electron chi connectivity index (χ3n) is 4.79. The highest BCUT2D eigenvalue weighted by Crippen LogP contribution is 2.25. The number of benzene rings is 2. The molecule has 1 saturated heterocycles. The second kappa shape index (κ2) is 8.00. The van der Waals surface area contributed by atoms with Crippen molar-refractivity contribution in [3.05, 3.63) is 65.7 Å². The molecule has 5 nitrogen and oxygen atoms in total. The number of nitriles is 1. The van der Waals surface area contributed by atoms with E-state index in [0.29, 0.717) is 12.1 Å². The molecule has 3 rings (SSSR count). The molecule has 0 spiro atoms. The summed E-state index contributed by atoms with van der Waals surface area (Å²) in [5, 5.41) is 9.04. The van der Waals surface area contributed by atoms with Gasteiger partial charge in [-0.05, 0) is 30.2 Å². The predicted molar refractivity (Wildman–Crippen MR) is 101 cm³/mol. The van der Waals surface area contributed by atoms with Gasteiger partial charge in [0.05, 0.1) is 16.5 Å². The van der Waals surface area contributed by atoms with E-state index < -0.39 is 10.0 Å². The minimum atomic E-state index is -3.61. The molecule has 2 aromatic rings. The van der Waals surface area contributed by atoms with Crippen molar-refractivity contribution in [3.63, 3.8) is 0 Å². The van der Waals surface area contributed by atoms with Gasteiger partial charge in [-0.25, -0.2) is 8.42 Å². The van der Waals surface area contributed by atoms with Crippen molar-refractivity contribution in [2.24, 2.45) is 0 Å². The van der Waals surface area contributed by atoms with E-state index in [1.54, 1.807) is 22.5 Å². The van der Waals surface area contributed by atoms with Crippen LogP contribution in [0.2, 0.25) is 0 Å². The lowest BCUT2D eigenvalue weighted by Crippen LogP contribution is -2.41. The second-order valence-electron chi connectivity index (χ2n) is 6.51. The lowest BCUT2D eigenvalue weighted by Gasteiger charge is -2.27. The zero-order chi connectivity index (χ0) is 18.6. The molecule has 1 unspecified atom stereocenters. The minimum Gasteiger partial charge on any atom is -0.297 e. The standard InChI is InChI=1S/C20H23N3O2S/c1-2-23(26(24,25)20-10-6-9-18(13-20)14-21)19-11-12-22(16-19)15-17-7-4-3-5-8-17/h3-10,13,19H,2,11-12,15-16H2,1H3. The third kappa shape index (κ3) is 3.96. The van der Waals surface area contributed by atoms with Crippen molar-refractivity contribution in [1.82, 2.24) is 9.21 Å². The number of likely N-dealkylation sites (N-methyl/N-ethyl adjacent to an activating group) is 1. The average molecular weight is 369 g/mol. The highest BCUT2D eigenvalue weighted by Gasteiger charge is 2.34. The molecule has 0 amide bonds. The Morgan fingerprint density at radius 1 is 1.19 bits per heavy atom. The van der Waals surface area contributed by atoms with Gasteiger partial charge >= 0.3 is 0 Å². The molecule has 1 aliphatic heterocycles. The van der Waals surface area contributed by atoms with E-state index in [0.717, 1.165) is 26.1 Å². The molecule has 0 radical (unpaired) electrons. The molecule has 1 aliphatic rings. The summed E-state index contributed by atoms with van der Waals surface area (Å²) >= 11 is 0. The zero-order valence-electron chi connectivity index (χ0n) is 14.9. The Morgan fingerprint density at radius 3 is 2.65 bits per heavy atom. The lowest BCUT2D eigenvalue weighted by atomic mass is 10.2. The first-order valence-electron chi connectivity index (χ1n) is 8.83.